The number of carbonyl (C=O) groups is 1. The van der Waals surface area contributed by atoms with Gasteiger partial charge in [-0.05, 0) is 24.3 Å². The summed E-state index contributed by atoms with van der Waals surface area (Å²) in [6, 6.07) is 7.92. The number of allylic oxidation sites excluding steroid dienone is 1. The highest BCUT2D eigenvalue weighted by atomic mass is 35.5. The fourth-order valence-electron chi connectivity index (χ4n) is 3.57. The predicted octanol–water partition coefficient (Wildman–Crippen LogP) is 4.34. The number of amides is 1. The first-order valence-electron chi connectivity index (χ1n) is 10.2. The molecule has 10 heteroatoms. The molecule has 0 fully saturated rings. The van der Waals surface area contributed by atoms with Crippen LogP contribution in [0.1, 0.15) is 0 Å². The van der Waals surface area contributed by atoms with Crippen LogP contribution in [0.4, 0.5) is 21.6 Å². The van der Waals surface area contributed by atoms with Gasteiger partial charge in [-0.1, -0.05) is 17.7 Å². The molecule has 1 amide bonds. The minimum absolute atomic E-state index is 0.00314. The SMILES string of the molecule is O=C(C=CCn1ccnc1)N1CCOc2cc3ncnc(Nc4ccc(F)c(Cl)c4)c3cc21. The zero-order valence-electron chi connectivity index (χ0n) is 17.3. The Morgan fingerprint density at radius 2 is 2.18 bits per heavy atom. The summed E-state index contributed by atoms with van der Waals surface area (Å²) in [4.78, 5) is 27.2. The third-order valence-corrected chi connectivity index (χ3v) is 5.45. The summed E-state index contributed by atoms with van der Waals surface area (Å²) < 4.78 is 21.2. The normalized spacial score (nSPS) is 13.2. The number of nitrogens with zero attached hydrogens (tertiary/aromatic N) is 5. The van der Waals surface area contributed by atoms with Crippen LogP contribution in [0.2, 0.25) is 5.02 Å². The van der Waals surface area contributed by atoms with Crippen molar-refractivity contribution in [3.05, 3.63) is 78.4 Å². The van der Waals surface area contributed by atoms with Gasteiger partial charge < -0.3 is 19.5 Å². The zero-order valence-corrected chi connectivity index (χ0v) is 18.0. The van der Waals surface area contributed by atoms with Crippen molar-refractivity contribution in [3.8, 4) is 5.75 Å². The van der Waals surface area contributed by atoms with Gasteiger partial charge in [-0.2, -0.15) is 0 Å². The van der Waals surface area contributed by atoms with Gasteiger partial charge in [-0.15, -0.1) is 0 Å². The van der Waals surface area contributed by atoms with E-state index in [-0.39, 0.29) is 10.9 Å². The average Bonchev–Trinajstić information content (AvgIpc) is 3.33. The number of halogens is 2. The van der Waals surface area contributed by atoms with Gasteiger partial charge in [0.2, 0.25) is 0 Å². The number of carbonyl (C=O) groups excluding carboxylic acids is 1. The molecule has 33 heavy (non-hydrogen) atoms. The largest absolute Gasteiger partial charge is 0.489 e. The number of fused-ring (bicyclic) bond motifs is 2. The van der Waals surface area contributed by atoms with Gasteiger partial charge >= 0.3 is 0 Å². The van der Waals surface area contributed by atoms with Crippen LogP contribution >= 0.6 is 11.6 Å². The van der Waals surface area contributed by atoms with Crippen molar-refractivity contribution in [2.45, 2.75) is 6.54 Å². The molecule has 0 saturated carbocycles. The lowest BCUT2D eigenvalue weighted by molar-refractivity contribution is -0.114. The summed E-state index contributed by atoms with van der Waals surface area (Å²) in [7, 11) is 0. The van der Waals surface area contributed by atoms with Gasteiger partial charge in [-0.3, -0.25) is 4.79 Å². The van der Waals surface area contributed by atoms with Gasteiger partial charge in [-0.25, -0.2) is 19.3 Å². The molecule has 5 rings (SSSR count). The molecular weight excluding hydrogens is 447 g/mol. The Hall–Kier alpha value is -3.98. The second-order valence-corrected chi connectivity index (χ2v) is 7.72. The lowest BCUT2D eigenvalue weighted by Crippen LogP contribution is -2.37. The lowest BCUT2D eigenvalue weighted by atomic mass is 10.1. The molecule has 4 aromatic rings. The molecule has 0 spiro atoms. The quantitative estimate of drug-likeness (QED) is 0.442. The monoisotopic (exact) mass is 464 g/mol. The van der Waals surface area contributed by atoms with Crippen molar-refractivity contribution >= 4 is 45.6 Å². The fraction of sp³-hybridized carbons (Fsp3) is 0.130. The molecular formula is C23H18ClFN6O2. The molecule has 0 aliphatic carbocycles. The number of anilines is 3. The predicted molar refractivity (Wildman–Crippen MR) is 123 cm³/mol. The van der Waals surface area contributed by atoms with Crippen LogP contribution in [0.3, 0.4) is 0 Å². The molecule has 1 aliphatic rings. The van der Waals surface area contributed by atoms with E-state index < -0.39 is 5.82 Å². The first kappa shape index (κ1) is 20.9. The average molecular weight is 465 g/mol. The molecule has 0 unspecified atom stereocenters. The number of imidazole rings is 1. The Kier molecular flexibility index (Phi) is 5.62. The van der Waals surface area contributed by atoms with Crippen LogP contribution in [0.5, 0.6) is 5.75 Å². The number of ether oxygens (including phenoxy) is 1. The van der Waals surface area contributed by atoms with Gasteiger partial charge in [0.15, 0.2) is 0 Å². The second kappa shape index (κ2) is 8.87. The molecule has 2 aromatic carbocycles. The first-order valence-corrected chi connectivity index (χ1v) is 10.5. The number of nitrogens with one attached hydrogen (secondary N) is 1. The molecule has 0 radical (unpaired) electrons. The molecule has 2 aromatic heterocycles. The number of hydrogen-bond donors (Lipinski definition) is 1. The first-order chi connectivity index (χ1) is 16.1. The third-order valence-electron chi connectivity index (χ3n) is 5.16. The van der Waals surface area contributed by atoms with E-state index in [0.717, 1.165) is 0 Å². The third kappa shape index (κ3) is 4.35. The molecule has 0 atom stereocenters. The van der Waals surface area contributed by atoms with Crippen molar-refractivity contribution in [2.24, 2.45) is 0 Å². The van der Waals surface area contributed by atoms with Crippen molar-refractivity contribution in [1.29, 1.82) is 0 Å². The van der Waals surface area contributed by atoms with E-state index in [0.29, 0.717) is 53.5 Å². The smallest absolute Gasteiger partial charge is 0.250 e. The summed E-state index contributed by atoms with van der Waals surface area (Å²) in [5, 5.41) is 3.83. The highest BCUT2D eigenvalue weighted by molar-refractivity contribution is 6.31. The second-order valence-electron chi connectivity index (χ2n) is 7.31. The minimum atomic E-state index is -0.503. The molecule has 1 N–H and O–H groups in total. The highest BCUT2D eigenvalue weighted by Crippen LogP contribution is 2.37. The topological polar surface area (TPSA) is 85.2 Å². The molecule has 1 aliphatic heterocycles. The molecule has 8 nitrogen and oxygen atoms in total. The van der Waals surface area contributed by atoms with Gasteiger partial charge in [0.1, 0.15) is 30.3 Å². The Balaban J connectivity index is 1.46. The number of hydrogen-bond acceptors (Lipinski definition) is 6. The van der Waals surface area contributed by atoms with Crippen LogP contribution in [0.25, 0.3) is 10.9 Å². The zero-order chi connectivity index (χ0) is 22.8. The summed E-state index contributed by atoms with van der Waals surface area (Å²) in [6.07, 6.45) is 9.95. The van der Waals surface area contributed by atoms with Gasteiger partial charge in [0, 0.05) is 42.2 Å². The Morgan fingerprint density at radius 1 is 1.27 bits per heavy atom. The maximum Gasteiger partial charge on any atom is 0.250 e. The van der Waals surface area contributed by atoms with Crippen molar-refractivity contribution < 1.29 is 13.9 Å². The van der Waals surface area contributed by atoms with E-state index in [9.17, 15) is 9.18 Å². The van der Waals surface area contributed by atoms with Crippen LogP contribution in [0, 0.1) is 5.82 Å². The highest BCUT2D eigenvalue weighted by Gasteiger charge is 2.24. The number of benzene rings is 2. The van der Waals surface area contributed by atoms with E-state index in [1.54, 1.807) is 41.7 Å². The molecule has 0 bridgehead atoms. The van der Waals surface area contributed by atoms with E-state index >= 15 is 0 Å². The number of aromatic nitrogens is 4. The minimum Gasteiger partial charge on any atom is -0.489 e. The Bertz CT molecular complexity index is 1360. The molecule has 0 saturated heterocycles. The maximum absolute atomic E-state index is 13.5. The molecule has 3 heterocycles. The van der Waals surface area contributed by atoms with Crippen molar-refractivity contribution in [3.63, 3.8) is 0 Å². The maximum atomic E-state index is 13.5. The van der Waals surface area contributed by atoms with Crippen LogP contribution in [-0.2, 0) is 11.3 Å². The Labute approximate surface area is 193 Å². The van der Waals surface area contributed by atoms with E-state index in [1.807, 2.05) is 16.8 Å². The van der Waals surface area contributed by atoms with E-state index in [1.165, 1.54) is 18.5 Å². The lowest BCUT2D eigenvalue weighted by Gasteiger charge is -2.29. The summed E-state index contributed by atoms with van der Waals surface area (Å²) >= 11 is 5.90. The van der Waals surface area contributed by atoms with Crippen molar-refractivity contribution in [2.75, 3.05) is 23.4 Å². The number of rotatable bonds is 5. The summed E-state index contributed by atoms with van der Waals surface area (Å²) in [6.45, 7) is 1.34. The van der Waals surface area contributed by atoms with Gasteiger partial charge in [0.05, 0.1) is 29.1 Å². The van der Waals surface area contributed by atoms with Gasteiger partial charge in [0.25, 0.3) is 5.91 Å². The fourth-order valence-corrected chi connectivity index (χ4v) is 3.75. The van der Waals surface area contributed by atoms with E-state index in [2.05, 4.69) is 20.3 Å². The van der Waals surface area contributed by atoms with Crippen LogP contribution in [0.15, 0.2) is 67.5 Å². The van der Waals surface area contributed by atoms with E-state index in [4.69, 9.17) is 16.3 Å². The Morgan fingerprint density at radius 3 is 3.00 bits per heavy atom. The van der Waals surface area contributed by atoms with Crippen molar-refractivity contribution in [1.82, 2.24) is 19.5 Å². The van der Waals surface area contributed by atoms with Crippen LogP contribution in [-0.4, -0.2) is 38.6 Å². The summed E-state index contributed by atoms with van der Waals surface area (Å²) in [5.74, 6) is 0.408. The van der Waals surface area contributed by atoms with Crippen LogP contribution < -0.4 is 15.0 Å². The summed E-state index contributed by atoms with van der Waals surface area (Å²) in [5.41, 5.74) is 1.84. The standard InChI is InChI=1S/C23H18ClFN6O2/c24-17-10-15(3-4-18(17)25)29-23-16-11-20-21(12-19(16)27-13-28-23)33-9-8-31(20)22(32)2-1-6-30-7-5-26-14-30/h1-5,7,10-14H,6,8-9H2,(H,27,28,29). The molecule has 166 valence electrons.